The molecule has 2 unspecified atom stereocenters. The van der Waals surface area contributed by atoms with Gasteiger partial charge < -0.3 is 10.2 Å². The van der Waals surface area contributed by atoms with E-state index >= 15 is 0 Å². The molecule has 1 rings (SSSR count). The maximum absolute atomic E-state index is 10.2. The molecule has 2 atom stereocenters. The monoisotopic (exact) mass is 142 g/mol. The van der Waals surface area contributed by atoms with Crippen LogP contribution < -0.4 is 0 Å². The van der Waals surface area contributed by atoms with Gasteiger partial charge >= 0.3 is 11.9 Å². The molecule has 0 aromatic carbocycles. The highest BCUT2D eigenvalue weighted by Gasteiger charge is 2.53. The summed E-state index contributed by atoms with van der Waals surface area (Å²) in [4.78, 5) is 20.3. The van der Waals surface area contributed by atoms with Crippen molar-refractivity contribution >= 4 is 11.9 Å². The molecule has 1 aliphatic rings. The highest BCUT2D eigenvalue weighted by atomic mass is 16.4. The molecule has 0 heterocycles. The molecule has 0 aliphatic heterocycles. The van der Waals surface area contributed by atoms with Gasteiger partial charge in [0.1, 0.15) is 0 Å². The average molecular weight is 142 g/mol. The fourth-order valence-corrected chi connectivity index (χ4v) is 0.917. The third kappa shape index (κ3) is 0.775. The van der Waals surface area contributed by atoms with E-state index in [0.29, 0.717) is 5.57 Å². The Morgan fingerprint density at radius 1 is 1.20 bits per heavy atom. The first-order valence-corrected chi connectivity index (χ1v) is 2.70. The predicted octanol–water partition coefficient (Wildman–Crippen LogP) is -0.0422. The standard InChI is InChI=1S/C6H6O4/c1-2-3(5(7)8)4(2)6(9)10/h3-4H,1H2,(H,7,8)(H,9,10). The zero-order chi connectivity index (χ0) is 7.89. The summed E-state index contributed by atoms with van der Waals surface area (Å²) in [6.45, 7) is 3.31. The number of carboxylic acids is 2. The van der Waals surface area contributed by atoms with Crippen molar-refractivity contribution in [3.8, 4) is 0 Å². The zero-order valence-corrected chi connectivity index (χ0v) is 5.07. The van der Waals surface area contributed by atoms with Crippen LogP contribution in [0.4, 0.5) is 0 Å². The summed E-state index contributed by atoms with van der Waals surface area (Å²) in [7, 11) is 0. The molecule has 4 heteroatoms. The minimum atomic E-state index is -1.10. The van der Waals surface area contributed by atoms with Crippen LogP contribution in [0.2, 0.25) is 0 Å². The quantitative estimate of drug-likeness (QED) is 0.530. The molecule has 2 N–H and O–H groups in total. The van der Waals surface area contributed by atoms with E-state index in [0.717, 1.165) is 0 Å². The van der Waals surface area contributed by atoms with Gasteiger partial charge in [-0.2, -0.15) is 0 Å². The van der Waals surface area contributed by atoms with E-state index < -0.39 is 23.8 Å². The molecule has 0 spiro atoms. The second-order valence-electron chi connectivity index (χ2n) is 2.21. The van der Waals surface area contributed by atoms with Crippen LogP contribution in [0.15, 0.2) is 12.2 Å². The van der Waals surface area contributed by atoms with Gasteiger partial charge in [-0.15, -0.1) is 0 Å². The van der Waals surface area contributed by atoms with Crippen LogP contribution in [0.1, 0.15) is 0 Å². The van der Waals surface area contributed by atoms with Gasteiger partial charge in [0.25, 0.3) is 0 Å². The van der Waals surface area contributed by atoms with Gasteiger partial charge in [0, 0.05) is 0 Å². The van der Waals surface area contributed by atoms with E-state index in [4.69, 9.17) is 10.2 Å². The highest BCUT2D eigenvalue weighted by molar-refractivity contribution is 5.92. The van der Waals surface area contributed by atoms with Crippen molar-refractivity contribution in [3.63, 3.8) is 0 Å². The number of rotatable bonds is 2. The molecule has 54 valence electrons. The topological polar surface area (TPSA) is 74.6 Å². The van der Waals surface area contributed by atoms with E-state index in [9.17, 15) is 9.59 Å². The van der Waals surface area contributed by atoms with Crippen LogP contribution in [0.3, 0.4) is 0 Å². The van der Waals surface area contributed by atoms with Crippen LogP contribution in [0.5, 0.6) is 0 Å². The molecule has 1 aliphatic carbocycles. The minimum absolute atomic E-state index is 0.292. The lowest BCUT2D eigenvalue weighted by molar-refractivity contribution is -0.144. The van der Waals surface area contributed by atoms with E-state index in [1.54, 1.807) is 0 Å². The Kier molecular flexibility index (Phi) is 1.24. The molecule has 0 amide bonds. The van der Waals surface area contributed by atoms with Crippen molar-refractivity contribution < 1.29 is 19.8 Å². The maximum atomic E-state index is 10.2. The molecule has 0 bridgehead atoms. The molecule has 0 aromatic heterocycles. The summed E-state index contributed by atoms with van der Waals surface area (Å²) in [6, 6.07) is 0. The molecular formula is C6H6O4. The van der Waals surface area contributed by atoms with Crippen LogP contribution in [-0.2, 0) is 9.59 Å². The normalized spacial score (nSPS) is 29.8. The molecule has 0 radical (unpaired) electrons. The predicted molar refractivity (Wildman–Crippen MR) is 31.4 cm³/mol. The summed E-state index contributed by atoms with van der Waals surface area (Å²) in [5.41, 5.74) is 0.292. The molecular weight excluding hydrogens is 136 g/mol. The largest absolute Gasteiger partial charge is 0.481 e. The van der Waals surface area contributed by atoms with Gasteiger partial charge in [-0.25, -0.2) is 0 Å². The molecule has 0 aromatic rings. The van der Waals surface area contributed by atoms with Gasteiger partial charge in [0.15, 0.2) is 0 Å². The first kappa shape index (κ1) is 6.80. The van der Waals surface area contributed by atoms with Gasteiger partial charge in [0.05, 0.1) is 11.8 Å². The lowest BCUT2D eigenvalue weighted by atomic mass is 10.3. The Balaban J connectivity index is 2.66. The van der Waals surface area contributed by atoms with Crippen molar-refractivity contribution in [2.24, 2.45) is 11.8 Å². The van der Waals surface area contributed by atoms with E-state index in [1.807, 2.05) is 0 Å². The summed E-state index contributed by atoms with van der Waals surface area (Å²) >= 11 is 0. The molecule has 0 saturated heterocycles. The van der Waals surface area contributed by atoms with E-state index in [1.165, 1.54) is 0 Å². The summed E-state index contributed by atoms with van der Waals surface area (Å²) in [5.74, 6) is -3.90. The van der Waals surface area contributed by atoms with Crippen molar-refractivity contribution in [1.82, 2.24) is 0 Å². The molecule has 1 fully saturated rings. The zero-order valence-electron chi connectivity index (χ0n) is 5.07. The van der Waals surface area contributed by atoms with Gasteiger partial charge in [-0.05, 0) is 5.57 Å². The Hall–Kier alpha value is -1.32. The van der Waals surface area contributed by atoms with Gasteiger partial charge in [0.2, 0.25) is 0 Å². The van der Waals surface area contributed by atoms with E-state index in [2.05, 4.69) is 6.58 Å². The van der Waals surface area contributed by atoms with Crippen molar-refractivity contribution in [2.75, 3.05) is 0 Å². The number of carbonyl (C=O) groups is 2. The first-order valence-electron chi connectivity index (χ1n) is 2.70. The molecule has 10 heavy (non-hydrogen) atoms. The number of carboxylic acid groups (broad SMARTS) is 2. The van der Waals surface area contributed by atoms with Crippen LogP contribution in [0, 0.1) is 11.8 Å². The van der Waals surface area contributed by atoms with Gasteiger partial charge in [-0.1, -0.05) is 6.58 Å². The Labute approximate surface area is 56.8 Å². The SMILES string of the molecule is C=C1C(C(=O)O)C1C(=O)O. The smallest absolute Gasteiger partial charge is 0.311 e. The lowest BCUT2D eigenvalue weighted by Gasteiger charge is -1.83. The van der Waals surface area contributed by atoms with E-state index in [-0.39, 0.29) is 0 Å². The molecule has 1 saturated carbocycles. The summed E-state index contributed by atoms with van der Waals surface area (Å²) in [5, 5.41) is 16.6. The summed E-state index contributed by atoms with van der Waals surface area (Å²) in [6.07, 6.45) is 0. The second kappa shape index (κ2) is 1.83. The third-order valence-electron chi connectivity index (χ3n) is 1.56. The fraction of sp³-hybridized carbons (Fsp3) is 0.333. The second-order valence-corrected chi connectivity index (χ2v) is 2.21. The van der Waals surface area contributed by atoms with Crippen molar-refractivity contribution in [2.45, 2.75) is 0 Å². The third-order valence-corrected chi connectivity index (χ3v) is 1.56. The molecule has 4 nitrogen and oxygen atoms in total. The van der Waals surface area contributed by atoms with Crippen LogP contribution in [-0.4, -0.2) is 22.2 Å². The average Bonchev–Trinajstić information content (AvgIpc) is 2.40. The van der Waals surface area contributed by atoms with Crippen molar-refractivity contribution in [1.29, 1.82) is 0 Å². The Morgan fingerprint density at radius 3 is 1.60 bits per heavy atom. The van der Waals surface area contributed by atoms with Crippen LogP contribution >= 0.6 is 0 Å². The minimum Gasteiger partial charge on any atom is -0.481 e. The Morgan fingerprint density at radius 2 is 1.50 bits per heavy atom. The van der Waals surface area contributed by atoms with Crippen LogP contribution in [0.25, 0.3) is 0 Å². The maximum Gasteiger partial charge on any atom is 0.311 e. The van der Waals surface area contributed by atoms with Crippen molar-refractivity contribution in [3.05, 3.63) is 12.2 Å². The number of hydrogen-bond acceptors (Lipinski definition) is 2. The number of hydrogen-bond donors (Lipinski definition) is 2. The summed E-state index contributed by atoms with van der Waals surface area (Å²) < 4.78 is 0. The Bertz CT molecular complexity index is 196. The lowest BCUT2D eigenvalue weighted by Crippen LogP contribution is -2.05. The highest BCUT2D eigenvalue weighted by Crippen LogP contribution is 2.44. The van der Waals surface area contributed by atoms with Gasteiger partial charge in [-0.3, -0.25) is 9.59 Å². The fourth-order valence-electron chi connectivity index (χ4n) is 0.917. The number of aliphatic carboxylic acids is 2. The first-order chi connectivity index (χ1) is 4.55.